The largest absolute Gasteiger partial charge is 0.306 e. The van der Waals surface area contributed by atoms with Crippen molar-refractivity contribution in [2.45, 2.75) is 19.2 Å². The molecule has 112 valence electrons. The number of rotatable bonds is 5. The minimum atomic E-state index is 0.731. The van der Waals surface area contributed by atoms with E-state index < -0.39 is 0 Å². The van der Waals surface area contributed by atoms with Gasteiger partial charge in [0.25, 0.3) is 0 Å². The summed E-state index contributed by atoms with van der Waals surface area (Å²) in [5, 5.41) is 9.13. The van der Waals surface area contributed by atoms with Crippen LogP contribution in [0, 0.1) is 11.3 Å². The van der Waals surface area contributed by atoms with Crippen molar-refractivity contribution in [2.24, 2.45) is 0 Å². The molecule has 0 fully saturated rings. The van der Waals surface area contributed by atoms with Gasteiger partial charge in [-0.05, 0) is 47.4 Å². The molecule has 23 heavy (non-hydrogen) atoms. The van der Waals surface area contributed by atoms with Gasteiger partial charge < -0.3 is 4.57 Å². The maximum Gasteiger partial charge on any atom is 0.101 e. The Morgan fingerprint density at radius 3 is 2.61 bits per heavy atom. The smallest absolute Gasteiger partial charge is 0.101 e. The zero-order valence-corrected chi connectivity index (χ0v) is 13.2. The van der Waals surface area contributed by atoms with Crippen LogP contribution in [0.3, 0.4) is 0 Å². The minimum Gasteiger partial charge on any atom is -0.306 e. The van der Waals surface area contributed by atoms with E-state index in [0.29, 0.717) is 0 Å². The third kappa shape index (κ3) is 3.35. The van der Waals surface area contributed by atoms with Crippen LogP contribution in [0.1, 0.15) is 17.5 Å². The lowest BCUT2D eigenvalue weighted by Crippen LogP contribution is -1.94. The number of hydrogen-bond acceptors (Lipinski definition) is 2. The molecule has 0 atom stereocenters. The summed E-state index contributed by atoms with van der Waals surface area (Å²) < 4.78 is 1.99. The van der Waals surface area contributed by atoms with E-state index in [1.807, 2.05) is 22.9 Å². The van der Waals surface area contributed by atoms with E-state index in [9.17, 15) is 0 Å². The molecule has 0 amide bonds. The summed E-state index contributed by atoms with van der Waals surface area (Å²) in [6.45, 7) is 0. The van der Waals surface area contributed by atoms with E-state index in [-0.39, 0.29) is 0 Å². The molecule has 0 aliphatic carbocycles. The monoisotopic (exact) mass is 299 g/mol. The number of hydrogen-bond donors (Lipinski definition) is 0. The number of nitriles is 1. The highest BCUT2D eigenvalue weighted by atomic mass is 15.0. The number of aryl methyl sites for hydroxylation is 1. The van der Waals surface area contributed by atoms with Crippen LogP contribution in [-0.4, -0.2) is 17.4 Å². The molecule has 0 saturated carbocycles. The molecule has 0 spiro atoms. The Morgan fingerprint density at radius 1 is 1.13 bits per heavy atom. The quantitative estimate of drug-likeness (QED) is 0.678. The molecule has 1 aromatic heterocycles. The average molecular weight is 299 g/mol. The van der Waals surface area contributed by atoms with E-state index in [1.165, 1.54) is 16.7 Å². The fourth-order valence-electron chi connectivity index (χ4n) is 2.74. The van der Waals surface area contributed by atoms with Gasteiger partial charge in [0.2, 0.25) is 0 Å². The molecular weight excluding hydrogens is 281 g/mol. The zero-order chi connectivity index (χ0) is 16.1. The first-order valence-electron chi connectivity index (χ1n) is 7.93. The molecule has 0 radical (unpaired) electrons. The Bertz CT molecular complexity index is 815. The van der Waals surface area contributed by atoms with Crippen molar-refractivity contribution in [3.8, 4) is 22.9 Å². The highest BCUT2D eigenvalue weighted by Gasteiger charge is 2.07. The highest BCUT2D eigenvalue weighted by Crippen LogP contribution is 2.27. The SMILES string of the molecule is BCCCc1cc(C#N)ccc1-c1ccc(-n2ccnc2)cc1. The van der Waals surface area contributed by atoms with Gasteiger partial charge in [-0.1, -0.05) is 30.9 Å². The topological polar surface area (TPSA) is 41.6 Å². The lowest BCUT2D eigenvalue weighted by molar-refractivity contribution is 0.920. The molecule has 4 heteroatoms. The Kier molecular flexibility index (Phi) is 4.58. The van der Waals surface area contributed by atoms with Gasteiger partial charge in [-0.2, -0.15) is 5.26 Å². The van der Waals surface area contributed by atoms with Crippen LogP contribution in [0.25, 0.3) is 16.8 Å². The van der Waals surface area contributed by atoms with Gasteiger partial charge in [-0.3, -0.25) is 0 Å². The van der Waals surface area contributed by atoms with E-state index in [1.54, 1.807) is 12.5 Å². The Hall–Kier alpha value is -2.80. The molecule has 0 aliphatic heterocycles. The van der Waals surface area contributed by atoms with E-state index >= 15 is 0 Å². The number of imidazole rings is 1. The van der Waals surface area contributed by atoms with Gasteiger partial charge in [0.05, 0.1) is 18.0 Å². The Labute approximate surface area is 137 Å². The molecular formula is C19H18BN3. The predicted octanol–water partition coefficient (Wildman–Crippen LogP) is 3.39. The van der Waals surface area contributed by atoms with Crippen LogP contribution >= 0.6 is 0 Å². The van der Waals surface area contributed by atoms with Crippen molar-refractivity contribution in [2.75, 3.05) is 0 Å². The Morgan fingerprint density at radius 2 is 1.96 bits per heavy atom. The van der Waals surface area contributed by atoms with Gasteiger partial charge in [0.1, 0.15) is 7.85 Å². The maximum absolute atomic E-state index is 9.13. The van der Waals surface area contributed by atoms with Crippen molar-refractivity contribution >= 4 is 7.85 Å². The molecule has 2 aromatic carbocycles. The number of benzene rings is 2. The maximum atomic E-state index is 9.13. The predicted molar refractivity (Wildman–Crippen MR) is 95.4 cm³/mol. The van der Waals surface area contributed by atoms with Crippen LogP contribution in [-0.2, 0) is 6.42 Å². The van der Waals surface area contributed by atoms with Crippen molar-refractivity contribution in [1.29, 1.82) is 5.26 Å². The average Bonchev–Trinajstić information content (AvgIpc) is 3.14. The van der Waals surface area contributed by atoms with Crippen molar-refractivity contribution in [3.05, 3.63) is 72.3 Å². The van der Waals surface area contributed by atoms with Gasteiger partial charge in [-0.25, -0.2) is 4.98 Å². The first kappa shape index (κ1) is 15.1. The van der Waals surface area contributed by atoms with Crippen LogP contribution < -0.4 is 0 Å². The minimum absolute atomic E-state index is 0.731. The van der Waals surface area contributed by atoms with Crippen molar-refractivity contribution in [1.82, 2.24) is 9.55 Å². The van der Waals surface area contributed by atoms with Crippen LogP contribution in [0.15, 0.2) is 61.2 Å². The molecule has 0 aliphatic rings. The second-order valence-electron chi connectivity index (χ2n) is 5.60. The summed E-state index contributed by atoms with van der Waals surface area (Å²) in [5.41, 5.74) is 5.48. The fourth-order valence-corrected chi connectivity index (χ4v) is 2.74. The summed E-state index contributed by atoms with van der Waals surface area (Å²) in [4.78, 5) is 4.08. The number of nitrogens with zero attached hydrogens (tertiary/aromatic N) is 3. The van der Waals surface area contributed by atoms with Crippen molar-refractivity contribution in [3.63, 3.8) is 0 Å². The van der Waals surface area contributed by atoms with Crippen LogP contribution in [0.5, 0.6) is 0 Å². The molecule has 0 saturated heterocycles. The molecule has 3 rings (SSSR count). The lowest BCUT2D eigenvalue weighted by atomic mass is 9.91. The molecule has 3 nitrogen and oxygen atoms in total. The normalized spacial score (nSPS) is 10.4. The third-order valence-electron chi connectivity index (χ3n) is 4.01. The highest BCUT2D eigenvalue weighted by molar-refractivity contribution is 6.08. The van der Waals surface area contributed by atoms with Gasteiger partial charge in [0.15, 0.2) is 0 Å². The Balaban J connectivity index is 1.95. The van der Waals surface area contributed by atoms with Gasteiger partial charge >= 0.3 is 0 Å². The molecule has 0 unspecified atom stereocenters. The fraction of sp³-hybridized carbons (Fsp3) is 0.158. The molecule has 3 aromatic rings. The van der Waals surface area contributed by atoms with Crippen LogP contribution in [0.2, 0.25) is 6.32 Å². The van der Waals surface area contributed by atoms with Gasteiger partial charge in [-0.15, -0.1) is 0 Å². The van der Waals surface area contributed by atoms with Crippen LogP contribution in [0.4, 0.5) is 0 Å². The molecule has 0 N–H and O–H groups in total. The first-order chi connectivity index (χ1) is 11.3. The first-order valence-corrected chi connectivity index (χ1v) is 7.93. The molecule has 0 bridgehead atoms. The van der Waals surface area contributed by atoms with Crippen molar-refractivity contribution < 1.29 is 0 Å². The summed E-state index contributed by atoms with van der Waals surface area (Å²) in [6.07, 6.45) is 8.79. The summed E-state index contributed by atoms with van der Waals surface area (Å²) in [5.74, 6) is 0. The third-order valence-corrected chi connectivity index (χ3v) is 4.01. The second-order valence-corrected chi connectivity index (χ2v) is 5.60. The standard InChI is InChI=1S/C19H18BN3/c20-9-1-2-17-12-15(13-21)3-8-19(17)16-4-6-18(7-5-16)23-11-10-22-14-23/h3-8,10-12,14H,1-2,9,20H2. The zero-order valence-electron chi connectivity index (χ0n) is 13.2. The second kappa shape index (κ2) is 6.98. The summed E-state index contributed by atoms with van der Waals surface area (Å²) >= 11 is 0. The van der Waals surface area contributed by atoms with E-state index in [2.05, 4.69) is 49.2 Å². The van der Waals surface area contributed by atoms with E-state index in [0.717, 1.165) is 30.4 Å². The summed E-state index contributed by atoms with van der Waals surface area (Å²) in [7, 11) is 2.19. The summed E-state index contributed by atoms with van der Waals surface area (Å²) in [6, 6.07) is 16.7. The lowest BCUT2D eigenvalue weighted by Gasteiger charge is -2.11. The number of aromatic nitrogens is 2. The van der Waals surface area contributed by atoms with E-state index in [4.69, 9.17) is 5.26 Å². The molecule has 1 heterocycles. The van der Waals surface area contributed by atoms with Gasteiger partial charge in [0, 0.05) is 18.1 Å².